The summed E-state index contributed by atoms with van der Waals surface area (Å²) in [5.74, 6) is -1.40. The van der Waals surface area contributed by atoms with Crippen molar-refractivity contribution >= 4 is 29.9 Å². The number of nitro groups is 1. The predicted molar refractivity (Wildman–Crippen MR) is 93.8 cm³/mol. The second kappa shape index (κ2) is 8.41. The fourth-order valence-electron chi connectivity index (χ4n) is 3.36. The maximum Gasteiger partial charge on any atom is 0.272 e. The summed E-state index contributed by atoms with van der Waals surface area (Å²) in [6.07, 6.45) is 1.53. The lowest BCUT2D eigenvalue weighted by Crippen LogP contribution is -2.57. The summed E-state index contributed by atoms with van der Waals surface area (Å²) in [5, 5.41) is 13.7. The molecule has 0 aliphatic carbocycles. The van der Waals surface area contributed by atoms with Crippen molar-refractivity contribution in [3.05, 3.63) is 39.7 Å². The number of rotatable bonds is 3. The van der Waals surface area contributed by atoms with Gasteiger partial charge in [0.05, 0.1) is 23.1 Å². The minimum atomic E-state index is -0.903. The number of hydrogen-bond acceptors (Lipinski definition) is 5. The Morgan fingerprint density at radius 2 is 2.12 bits per heavy atom. The molecule has 2 aliphatic rings. The standard InChI is InChI=1S/C16H19FN4O4.ClH/c17-14-8-11(21(24)25)3-4-13(14)16(23)19-6-1-2-12(10-19)20-7-5-18-9-15(20)22;/h3-4,8,12,18H,1-2,5-7,9-10H2;1H. The first-order valence-electron chi connectivity index (χ1n) is 8.21. The van der Waals surface area contributed by atoms with Crippen molar-refractivity contribution in [1.29, 1.82) is 0 Å². The van der Waals surface area contributed by atoms with Crippen molar-refractivity contribution < 1.29 is 18.9 Å². The van der Waals surface area contributed by atoms with Crippen LogP contribution in [-0.4, -0.2) is 65.3 Å². The number of nitrogens with one attached hydrogen (secondary N) is 1. The van der Waals surface area contributed by atoms with E-state index < -0.39 is 22.3 Å². The van der Waals surface area contributed by atoms with Crippen LogP contribution in [0.25, 0.3) is 0 Å². The Morgan fingerprint density at radius 1 is 1.35 bits per heavy atom. The molecule has 8 nitrogen and oxygen atoms in total. The predicted octanol–water partition coefficient (Wildman–Crippen LogP) is 1.19. The molecule has 1 atom stereocenters. The molecule has 2 amide bonds. The zero-order valence-corrected chi connectivity index (χ0v) is 14.8. The Balaban J connectivity index is 0.00000243. The fraction of sp³-hybridized carbons (Fsp3) is 0.500. The smallest absolute Gasteiger partial charge is 0.272 e. The number of amides is 2. The van der Waals surface area contributed by atoms with Gasteiger partial charge < -0.3 is 15.1 Å². The molecule has 2 aliphatic heterocycles. The van der Waals surface area contributed by atoms with Crippen molar-refractivity contribution in [3.8, 4) is 0 Å². The van der Waals surface area contributed by atoms with Crippen LogP contribution in [0.5, 0.6) is 0 Å². The minimum Gasteiger partial charge on any atom is -0.336 e. The molecule has 1 aromatic rings. The first-order valence-corrected chi connectivity index (χ1v) is 8.21. The molecule has 1 aromatic carbocycles. The maximum atomic E-state index is 14.1. The zero-order valence-electron chi connectivity index (χ0n) is 14.0. The molecule has 0 aromatic heterocycles. The number of halogens is 2. The van der Waals surface area contributed by atoms with Gasteiger partial charge in [0.1, 0.15) is 5.82 Å². The third-order valence-corrected chi connectivity index (χ3v) is 4.64. The maximum absolute atomic E-state index is 14.1. The molecular formula is C16H20ClFN4O4. The molecule has 0 spiro atoms. The second-order valence-corrected chi connectivity index (χ2v) is 6.23. The average molecular weight is 387 g/mol. The molecule has 2 heterocycles. The summed E-state index contributed by atoms with van der Waals surface area (Å²) in [7, 11) is 0. The third kappa shape index (κ3) is 4.10. The summed E-state index contributed by atoms with van der Waals surface area (Å²) < 4.78 is 14.1. The number of hydrogen-bond donors (Lipinski definition) is 1. The quantitative estimate of drug-likeness (QED) is 0.622. The molecule has 1 N–H and O–H groups in total. The van der Waals surface area contributed by atoms with Crippen molar-refractivity contribution in [2.24, 2.45) is 0 Å². The van der Waals surface area contributed by atoms with Gasteiger partial charge in [0, 0.05) is 38.3 Å². The van der Waals surface area contributed by atoms with Crippen LogP contribution in [0.1, 0.15) is 23.2 Å². The average Bonchev–Trinajstić information content (AvgIpc) is 2.61. The lowest BCUT2D eigenvalue weighted by Gasteiger charge is -2.41. The summed E-state index contributed by atoms with van der Waals surface area (Å²) in [5.41, 5.74) is -0.574. The monoisotopic (exact) mass is 386 g/mol. The van der Waals surface area contributed by atoms with Crippen molar-refractivity contribution in [3.63, 3.8) is 0 Å². The molecule has 0 radical (unpaired) electrons. The van der Waals surface area contributed by atoms with E-state index in [0.717, 1.165) is 31.0 Å². The highest BCUT2D eigenvalue weighted by atomic mass is 35.5. The number of benzene rings is 1. The molecule has 3 rings (SSSR count). The lowest BCUT2D eigenvalue weighted by atomic mass is 10.0. The van der Waals surface area contributed by atoms with E-state index in [4.69, 9.17) is 0 Å². The Labute approximate surface area is 155 Å². The fourth-order valence-corrected chi connectivity index (χ4v) is 3.36. The first-order chi connectivity index (χ1) is 12.0. The van der Waals surface area contributed by atoms with Crippen LogP contribution in [0.2, 0.25) is 0 Å². The van der Waals surface area contributed by atoms with E-state index in [-0.39, 0.29) is 29.9 Å². The van der Waals surface area contributed by atoms with Gasteiger partial charge >= 0.3 is 0 Å². The van der Waals surface area contributed by atoms with Gasteiger partial charge in [-0.3, -0.25) is 19.7 Å². The van der Waals surface area contributed by atoms with Gasteiger partial charge in [0.2, 0.25) is 5.91 Å². The Morgan fingerprint density at radius 3 is 2.77 bits per heavy atom. The van der Waals surface area contributed by atoms with E-state index in [1.54, 1.807) is 4.90 Å². The number of piperazine rings is 1. The van der Waals surface area contributed by atoms with Crippen molar-refractivity contribution in [2.45, 2.75) is 18.9 Å². The van der Waals surface area contributed by atoms with Crippen LogP contribution in [0.15, 0.2) is 18.2 Å². The molecule has 142 valence electrons. The number of nitrogens with zero attached hydrogens (tertiary/aromatic N) is 3. The highest BCUT2D eigenvalue weighted by molar-refractivity contribution is 5.95. The summed E-state index contributed by atoms with van der Waals surface area (Å²) in [4.78, 5) is 37.9. The molecule has 2 saturated heterocycles. The van der Waals surface area contributed by atoms with E-state index in [9.17, 15) is 24.1 Å². The van der Waals surface area contributed by atoms with Crippen LogP contribution in [0, 0.1) is 15.9 Å². The van der Waals surface area contributed by atoms with Crippen molar-refractivity contribution in [2.75, 3.05) is 32.7 Å². The van der Waals surface area contributed by atoms with E-state index >= 15 is 0 Å². The largest absolute Gasteiger partial charge is 0.336 e. The zero-order chi connectivity index (χ0) is 18.0. The van der Waals surface area contributed by atoms with Crippen LogP contribution in [0.4, 0.5) is 10.1 Å². The molecule has 1 unspecified atom stereocenters. The number of nitro benzene ring substituents is 1. The number of likely N-dealkylation sites (tertiary alicyclic amines) is 1. The van der Waals surface area contributed by atoms with Crippen LogP contribution in [-0.2, 0) is 4.79 Å². The number of piperidine rings is 1. The lowest BCUT2D eigenvalue weighted by molar-refractivity contribution is -0.385. The molecule has 26 heavy (non-hydrogen) atoms. The number of carbonyl (C=O) groups excluding carboxylic acids is 2. The van der Waals surface area contributed by atoms with E-state index in [2.05, 4.69) is 5.32 Å². The molecule has 2 fully saturated rings. The Bertz CT molecular complexity index is 717. The van der Waals surface area contributed by atoms with Crippen LogP contribution in [0.3, 0.4) is 0 Å². The molecule has 10 heteroatoms. The van der Waals surface area contributed by atoms with Gasteiger partial charge in [0.15, 0.2) is 0 Å². The second-order valence-electron chi connectivity index (χ2n) is 6.23. The van der Waals surface area contributed by atoms with Gasteiger partial charge in [0.25, 0.3) is 11.6 Å². The summed E-state index contributed by atoms with van der Waals surface area (Å²) in [6.45, 7) is 2.43. The Hall–Kier alpha value is -2.26. The highest BCUT2D eigenvalue weighted by Gasteiger charge is 2.32. The minimum absolute atomic E-state index is 0. The van der Waals surface area contributed by atoms with Crippen LogP contribution >= 0.6 is 12.4 Å². The number of non-ortho nitro benzene ring substituents is 1. The van der Waals surface area contributed by atoms with Gasteiger partial charge in [-0.2, -0.15) is 0 Å². The van der Waals surface area contributed by atoms with E-state index in [1.807, 2.05) is 0 Å². The van der Waals surface area contributed by atoms with Gasteiger partial charge in [-0.25, -0.2) is 4.39 Å². The van der Waals surface area contributed by atoms with E-state index in [0.29, 0.717) is 32.7 Å². The highest BCUT2D eigenvalue weighted by Crippen LogP contribution is 2.22. The third-order valence-electron chi connectivity index (χ3n) is 4.64. The Kier molecular flexibility index (Phi) is 6.49. The number of carbonyl (C=O) groups is 2. The molecular weight excluding hydrogens is 367 g/mol. The van der Waals surface area contributed by atoms with Crippen molar-refractivity contribution in [1.82, 2.24) is 15.1 Å². The van der Waals surface area contributed by atoms with Gasteiger partial charge in [-0.1, -0.05) is 0 Å². The van der Waals surface area contributed by atoms with Gasteiger partial charge in [-0.15, -0.1) is 12.4 Å². The first kappa shape index (κ1) is 20.1. The van der Waals surface area contributed by atoms with Crippen LogP contribution < -0.4 is 5.32 Å². The SMILES string of the molecule is Cl.O=C(c1ccc([N+](=O)[O-])cc1F)N1CCCC(N2CCNCC2=O)C1. The topological polar surface area (TPSA) is 95.8 Å². The molecule has 0 saturated carbocycles. The normalized spacial score (nSPS) is 20.5. The van der Waals surface area contributed by atoms with E-state index in [1.165, 1.54) is 4.90 Å². The summed E-state index contributed by atoms with van der Waals surface area (Å²) >= 11 is 0. The molecule has 0 bridgehead atoms. The summed E-state index contributed by atoms with van der Waals surface area (Å²) in [6, 6.07) is 2.95. The van der Waals surface area contributed by atoms with Gasteiger partial charge in [-0.05, 0) is 18.9 Å².